The van der Waals surface area contributed by atoms with E-state index in [4.69, 9.17) is 1.37 Å². The lowest BCUT2D eigenvalue weighted by atomic mass is 10.1. The number of rotatable bonds is 1. The minimum atomic E-state index is -0.238. The van der Waals surface area contributed by atoms with Gasteiger partial charge in [-0.15, -0.1) is 0 Å². The van der Waals surface area contributed by atoms with E-state index in [1.807, 2.05) is 22.9 Å². The highest BCUT2D eigenvalue weighted by Crippen LogP contribution is 2.29. The van der Waals surface area contributed by atoms with Crippen LogP contribution in [-0.2, 0) is 6.40 Å². The second-order valence-electron chi connectivity index (χ2n) is 3.43. The standard InChI is InChI=1S/C11H11N3/c1-2-4-9(5-3-1)10-6-7-11-12-8-13-14(10)11/h1-5,8,10H,6-7H2/i7D. The first-order valence-electron chi connectivity index (χ1n) is 5.30. The molecule has 0 amide bonds. The highest BCUT2D eigenvalue weighted by atomic mass is 15.4. The van der Waals surface area contributed by atoms with E-state index in [9.17, 15) is 0 Å². The van der Waals surface area contributed by atoms with Crippen molar-refractivity contribution < 1.29 is 1.37 Å². The van der Waals surface area contributed by atoms with Crippen LogP contribution in [0.25, 0.3) is 0 Å². The molecule has 2 atom stereocenters. The van der Waals surface area contributed by atoms with Crippen molar-refractivity contribution >= 4 is 0 Å². The van der Waals surface area contributed by atoms with Crippen LogP contribution in [0.15, 0.2) is 36.7 Å². The Bertz CT molecular complexity index is 466. The van der Waals surface area contributed by atoms with Crippen LogP contribution in [0.1, 0.15) is 25.2 Å². The van der Waals surface area contributed by atoms with Gasteiger partial charge in [0.05, 0.1) is 6.04 Å². The first-order chi connectivity index (χ1) is 7.36. The second-order valence-corrected chi connectivity index (χ2v) is 3.43. The van der Waals surface area contributed by atoms with Gasteiger partial charge in [0, 0.05) is 7.77 Å². The third kappa shape index (κ3) is 1.05. The molecule has 0 saturated heterocycles. The van der Waals surface area contributed by atoms with Crippen LogP contribution in [0.3, 0.4) is 0 Å². The fourth-order valence-electron chi connectivity index (χ4n) is 1.91. The maximum absolute atomic E-state index is 7.89. The second kappa shape index (κ2) is 2.94. The number of nitrogens with zero attached hydrogens (tertiary/aromatic N) is 3. The average Bonchev–Trinajstić information content (AvgIpc) is 2.84. The molecule has 1 aliphatic rings. The summed E-state index contributed by atoms with van der Waals surface area (Å²) < 4.78 is 9.75. The zero-order chi connectivity index (χ0) is 10.3. The number of fused-ring (bicyclic) bond motifs is 1. The lowest BCUT2D eigenvalue weighted by Crippen LogP contribution is -2.06. The summed E-state index contributed by atoms with van der Waals surface area (Å²) in [5.41, 5.74) is 1.21. The molecule has 0 bridgehead atoms. The average molecular weight is 186 g/mol. The van der Waals surface area contributed by atoms with Gasteiger partial charge in [0.25, 0.3) is 0 Å². The highest BCUT2D eigenvalue weighted by Gasteiger charge is 2.24. The summed E-state index contributed by atoms with van der Waals surface area (Å²) in [7, 11) is 0. The topological polar surface area (TPSA) is 30.7 Å². The normalized spacial score (nSPS) is 25.9. The Kier molecular flexibility index (Phi) is 1.42. The zero-order valence-corrected chi connectivity index (χ0v) is 7.67. The molecule has 2 aromatic rings. The maximum atomic E-state index is 7.89. The van der Waals surface area contributed by atoms with Crippen LogP contribution in [0.5, 0.6) is 0 Å². The minimum Gasteiger partial charge on any atom is -0.243 e. The van der Waals surface area contributed by atoms with Gasteiger partial charge in [0.1, 0.15) is 12.2 Å². The first kappa shape index (κ1) is 6.76. The summed E-state index contributed by atoms with van der Waals surface area (Å²) in [5, 5.41) is 4.19. The smallest absolute Gasteiger partial charge is 0.138 e. The number of hydrogen-bond donors (Lipinski definition) is 0. The SMILES string of the molecule is [2H]C1CC(c2ccccc2)n2ncnc21. The van der Waals surface area contributed by atoms with Crippen molar-refractivity contribution in [3.63, 3.8) is 0 Å². The molecular formula is C11H11N3. The quantitative estimate of drug-likeness (QED) is 0.680. The van der Waals surface area contributed by atoms with E-state index in [1.165, 1.54) is 11.9 Å². The molecule has 1 aromatic heterocycles. The fourth-order valence-corrected chi connectivity index (χ4v) is 1.91. The molecule has 1 aromatic carbocycles. The molecule has 3 nitrogen and oxygen atoms in total. The lowest BCUT2D eigenvalue weighted by molar-refractivity contribution is 0.555. The van der Waals surface area contributed by atoms with Gasteiger partial charge in [-0.2, -0.15) is 5.10 Å². The minimum absolute atomic E-state index is 0.186. The van der Waals surface area contributed by atoms with Crippen LogP contribution in [-0.4, -0.2) is 14.8 Å². The molecule has 3 rings (SSSR count). The van der Waals surface area contributed by atoms with Gasteiger partial charge >= 0.3 is 0 Å². The molecule has 0 aliphatic carbocycles. The van der Waals surface area contributed by atoms with Crippen LogP contribution < -0.4 is 0 Å². The van der Waals surface area contributed by atoms with Gasteiger partial charge in [-0.05, 0) is 12.0 Å². The molecule has 14 heavy (non-hydrogen) atoms. The lowest BCUT2D eigenvalue weighted by Gasteiger charge is -2.10. The maximum Gasteiger partial charge on any atom is 0.138 e. The van der Waals surface area contributed by atoms with Gasteiger partial charge < -0.3 is 0 Å². The molecule has 2 heterocycles. The molecule has 0 saturated carbocycles. The summed E-state index contributed by atoms with van der Waals surface area (Å²) in [6.07, 6.45) is 2.07. The van der Waals surface area contributed by atoms with Gasteiger partial charge in [-0.3, -0.25) is 0 Å². The summed E-state index contributed by atoms with van der Waals surface area (Å²) in [6.45, 7) is 0. The van der Waals surface area contributed by atoms with Gasteiger partial charge in [-0.1, -0.05) is 30.3 Å². The van der Waals surface area contributed by atoms with Crippen LogP contribution >= 0.6 is 0 Å². The summed E-state index contributed by atoms with van der Waals surface area (Å²) in [5.74, 6) is 0.781. The molecule has 0 spiro atoms. The molecule has 0 N–H and O–H groups in total. The van der Waals surface area contributed by atoms with E-state index in [1.54, 1.807) is 0 Å². The van der Waals surface area contributed by atoms with E-state index in [-0.39, 0.29) is 12.4 Å². The summed E-state index contributed by atoms with van der Waals surface area (Å²) >= 11 is 0. The first-order valence-corrected chi connectivity index (χ1v) is 4.73. The summed E-state index contributed by atoms with van der Waals surface area (Å²) in [4.78, 5) is 4.12. The van der Waals surface area contributed by atoms with Crippen molar-refractivity contribution in [1.82, 2.24) is 14.8 Å². The van der Waals surface area contributed by atoms with Crippen molar-refractivity contribution in [2.24, 2.45) is 0 Å². The molecular weight excluding hydrogens is 174 g/mol. The Balaban J connectivity index is 2.05. The predicted octanol–water partition coefficient (Wildman–Crippen LogP) is 1.81. The monoisotopic (exact) mass is 186 g/mol. The molecule has 70 valence electrons. The molecule has 3 heteroatoms. The third-order valence-electron chi connectivity index (χ3n) is 2.60. The number of hydrogen-bond acceptors (Lipinski definition) is 2. The van der Waals surface area contributed by atoms with E-state index in [2.05, 4.69) is 22.2 Å². The predicted molar refractivity (Wildman–Crippen MR) is 52.9 cm³/mol. The van der Waals surface area contributed by atoms with E-state index in [0.717, 1.165) is 12.2 Å². The van der Waals surface area contributed by atoms with Gasteiger partial charge in [0.15, 0.2) is 0 Å². The molecule has 1 aliphatic heterocycles. The summed E-state index contributed by atoms with van der Waals surface area (Å²) in [6, 6.07) is 10.4. The largest absolute Gasteiger partial charge is 0.243 e. The van der Waals surface area contributed by atoms with Crippen LogP contribution in [0, 0.1) is 0 Å². The Morgan fingerprint density at radius 1 is 1.36 bits per heavy atom. The van der Waals surface area contributed by atoms with Gasteiger partial charge in [-0.25, -0.2) is 9.67 Å². The van der Waals surface area contributed by atoms with E-state index >= 15 is 0 Å². The van der Waals surface area contributed by atoms with E-state index in [0.29, 0.717) is 0 Å². The van der Waals surface area contributed by atoms with Crippen molar-refractivity contribution in [2.75, 3.05) is 0 Å². The molecule has 0 fully saturated rings. The van der Waals surface area contributed by atoms with Crippen molar-refractivity contribution in [1.29, 1.82) is 0 Å². The number of benzene rings is 1. The van der Waals surface area contributed by atoms with Crippen LogP contribution in [0.4, 0.5) is 0 Å². The van der Waals surface area contributed by atoms with Crippen molar-refractivity contribution in [3.05, 3.63) is 48.0 Å². The third-order valence-corrected chi connectivity index (χ3v) is 2.60. The highest BCUT2D eigenvalue weighted by molar-refractivity contribution is 5.21. The number of aryl methyl sites for hydroxylation is 1. The van der Waals surface area contributed by atoms with Gasteiger partial charge in [0.2, 0.25) is 0 Å². The molecule has 2 unspecified atom stereocenters. The number of aromatic nitrogens is 3. The fraction of sp³-hybridized carbons (Fsp3) is 0.273. The Morgan fingerprint density at radius 2 is 2.21 bits per heavy atom. The Morgan fingerprint density at radius 3 is 3.07 bits per heavy atom. The van der Waals surface area contributed by atoms with Crippen molar-refractivity contribution in [3.8, 4) is 0 Å². The zero-order valence-electron chi connectivity index (χ0n) is 8.67. The Hall–Kier alpha value is -1.64. The van der Waals surface area contributed by atoms with Crippen LogP contribution in [0.2, 0.25) is 0 Å². The van der Waals surface area contributed by atoms with Crippen molar-refractivity contribution in [2.45, 2.75) is 18.9 Å². The molecule has 0 radical (unpaired) electrons. The Labute approximate surface area is 83.8 Å². The van der Waals surface area contributed by atoms with E-state index < -0.39 is 0 Å².